The standard InChI is InChI=1S/C17H21N5O2S/c1-12-4-6-13(7-5-12)16-19-17(21-20-16)25-11-14(23)18-10-15(24)22-8-2-3-9-22/h4-7H,2-3,8-11H2,1H3,(H,18,23)(H,19,20,21). The third kappa shape index (κ3) is 4.82. The van der Waals surface area contributed by atoms with Crippen LogP contribution in [0.4, 0.5) is 0 Å². The molecular weight excluding hydrogens is 338 g/mol. The summed E-state index contributed by atoms with van der Waals surface area (Å²) >= 11 is 1.24. The van der Waals surface area contributed by atoms with Crippen LogP contribution in [0, 0.1) is 6.92 Å². The number of H-pyrrole nitrogens is 1. The molecule has 25 heavy (non-hydrogen) atoms. The maximum Gasteiger partial charge on any atom is 0.241 e. The van der Waals surface area contributed by atoms with Gasteiger partial charge in [-0.1, -0.05) is 41.6 Å². The number of aryl methyl sites for hydroxylation is 1. The Morgan fingerprint density at radius 3 is 2.68 bits per heavy atom. The number of nitrogens with one attached hydrogen (secondary N) is 2. The molecule has 2 N–H and O–H groups in total. The van der Waals surface area contributed by atoms with Gasteiger partial charge in [-0.25, -0.2) is 4.98 Å². The summed E-state index contributed by atoms with van der Waals surface area (Å²) in [6.45, 7) is 3.67. The molecule has 1 saturated heterocycles. The molecule has 132 valence electrons. The highest BCUT2D eigenvalue weighted by Crippen LogP contribution is 2.19. The first kappa shape index (κ1) is 17.5. The normalized spacial score (nSPS) is 13.9. The molecule has 0 aliphatic carbocycles. The number of benzene rings is 1. The summed E-state index contributed by atoms with van der Waals surface area (Å²) in [6.07, 6.45) is 2.09. The molecule has 1 aromatic carbocycles. The third-order valence-corrected chi connectivity index (χ3v) is 4.87. The van der Waals surface area contributed by atoms with Gasteiger partial charge in [-0.3, -0.25) is 14.7 Å². The number of rotatable bonds is 6. The van der Waals surface area contributed by atoms with Crippen LogP contribution in [0.2, 0.25) is 0 Å². The van der Waals surface area contributed by atoms with Gasteiger partial charge >= 0.3 is 0 Å². The van der Waals surface area contributed by atoms with Crippen molar-refractivity contribution in [3.63, 3.8) is 0 Å². The van der Waals surface area contributed by atoms with Crippen molar-refractivity contribution in [2.24, 2.45) is 0 Å². The third-order valence-electron chi connectivity index (χ3n) is 4.02. The van der Waals surface area contributed by atoms with Crippen molar-refractivity contribution < 1.29 is 9.59 Å². The van der Waals surface area contributed by atoms with Crippen LogP contribution < -0.4 is 5.32 Å². The number of thioether (sulfide) groups is 1. The minimum Gasteiger partial charge on any atom is -0.346 e. The van der Waals surface area contributed by atoms with Crippen molar-refractivity contribution in [3.8, 4) is 11.4 Å². The number of hydrogen-bond donors (Lipinski definition) is 2. The van der Waals surface area contributed by atoms with E-state index >= 15 is 0 Å². The predicted molar refractivity (Wildman–Crippen MR) is 96.1 cm³/mol. The van der Waals surface area contributed by atoms with Gasteiger partial charge in [-0.2, -0.15) is 0 Å². The van der Waals surface area contributed by atoms with Gasteiger partial charge in [-0.15, -0.1) is 5.10 Å². The summed E-state index contributed by atoms with van der Waals surface area (Å²) in [6, 6.07) is 7.97. The van der Waals surface area contributed by atoms with E-state index in [0.717, 1.165) is 31.5 Å². The minimum absolute atomic E-state index is 0.0181. The molecular formula is C17H21N5O2S. The number of likely N-dealkylation sites (tertiary alicyclic amines) is 1. The maximum atomic E-state index is 11.9. The van der Waals surface area contributed by atoms with E-state index < -0.39 is 0 Å². The highest BCUT2D eigenvalue weighted by molar-refractivity contribution is 7.99. The fraction of sp³-hybridized carbons (Fsp3) is 0.412. The number of carbonyl (C=O) groups excluding carboxylic acids is 2. The summed E-state index contributed by atoms with van der Waals surface area (Å²) in [5, 5.41) is 10.2. The average Bonchev–Trinajstić information content (AvgIpc) is 3.30. The number of amides is 2. The van der Waals surface area contributed by atoms with Crippen LogP contribution in [0.5, 0.6) is 0 Å². The fourth-order valence-corrected chi connectivity index (χ4v) is 3.21. The Morgan fingerprint density at radius 1 is 1.24 bits per heavy atom. The SMILES string of the molecule is Cc1ccc(-c2nc(SCC(=O)NCC(=O)N3CCCC3)n[nH]2)cc1. The lowest BCUT2D eigenvalue weighted by molar-refractivity contribution is -0.131. The van der Waals surface area contributed by atoms with E-state index in [4.69, 9.17) is 0 Å². The summed E-state index contributed by atoms with van der Waals surface area (Å²) < 4.78 is 0. The lowest BCUT2D eigenvalue weighted by Gasteiger charge is -2.15. The number of nitrogens with zero attached hydrogens (tertiary/aromatic N) is 3. The van der Waals surface area contributed by atoms with Gasteiger partial charge in [-0.05, 0) is 19.8 Å². The van der Waals surface area contributed by atoms with E-state index in [2.05, 4.69) is 20.5 Å². The second-order valence-electron chi connectivity index (χ2n) is 5.99. The minimum atomic E-state index is -0.195. The molecule has 2 aromatic rings. The van der Waals surface area contributed by atoms with Crippen molar-refractivity contribution in [1.29, 1.82) is 0 Å². The van der Waals surface area contributed by atoms with Crippen molar-refractivity contribution >= 4 is 23.6 Å². The largest absolute Gasteiger partial charge is 0.346 e. The highest BCUT2D eigenvalue weighted by Gasteiger charge is 2.18. The fourth-order valence-electron chi connectivity index (χ4n) is 2.59. The number of hydrogen-bond acceptors (Lipinski definition) is 5. The lowest BCUT2D eigenvalue weighted by atomic mass is 10.1. The van der Waals surface area contributed by atoms with Crippen LogP contribution in [0.3, 0.4) is 0 Å². The molecule has 8 heteroatoms. The van der Waals surface area contributed by atoms with Gasteiger partial charge in [0.25, 0.3) is 0 Å². The van der Waals surface area contributed by atoms with Crippen molar-refractivity contribution in [2.45, 2.75) is 24.9 Å². The molecule has 0 saturated carbocycles. The van der Waals surface area contributed by atoms with E-state index in [9.17, 15) is 9.59 Å². The van der Waals surface area contributed by atoms with Crippen molar-refractivity contribution in [1.82, 2.24) is 25.4 Å². The molecule has 1 aromatic heterocycles. The first-order chi connectivity index (χ1) is 12.1. The predicted octanol–water partition coefficient (Wildman–Crippen LogP) is 1.61. The molecule has 0 unspecified atom stereocenters. The Hall–Kier alpha value is -2.35. The van der Waals surface area contributed by atoms with Crippen LogP contribution >= 0.6 is 11.8 Å². The first-order valence-electron chi connectivity index (χ1n) is 8.28. The molecule has 2 amide bonds. The second kappa shape index (κ2) is 8.15. The Bertz CT molecular complexity index is 738. The quantitative estimate of drug-likeness (QED) is 0.765. The molecule has 7 nitrogen and oxygen atoms in total. The van der Waals surface area contributed by atoms with E-state index in [0.29, 0.717) is 11.0 Å². The Kier molecular flexibility index (Phi) is 5.70. The van der Waals surface area contributed by atoms with E-state index in [1.807, 2.05) is 31.2 Å². The van der Waals surface area contributed by atoms with Crippen LogP contribution in [0.25, 0.3) is 11.4 Å². The highest BCUT2D eigenvalue weighted by atomic mass is 32.2. The van der Waals surface area contributed by atoms with E-state index in [1.165, 1.54) is 17.3 Å². The smallest absolute Gasteiger partial charge is 0.241 e. The number of aromatic nitrogens is 3. The number of carbonyl (C=O) groups is 2. The monoisotopic (exact) mass is 359 g/mol. The number of aromatic amines is 1. The molecule has 1 aliphatic heterocycles. The zero-order chi connectivity index (χ0) is 17.6. The van der Waals surface area contributed by atoms with E-state index in [-0.39, 0.29) is 24.1 Å². The van der Waals surface area contributed by atoms with Gasteiger partial charge in [0.05, 0.1) is 12.3 Å². The van der Waals surface area contributed by atoms with Gasteiger partial charge < -0.3 is 10.2 Å². The summed E-state index contributed by atoms with van der Waals surface area (Å²) in [5.41, 5.74) is 2.13. The Balaban J connectivity index is 1.44. The molecule has 1 fully saturated rings. The van der Waals surface area contributed by atoms with Gasteiger partial charge in [0.1, 0.15) is 0 Å². The maximum absolute atomic E-state index is 11.9. The zero-order valence-electron chi connectivity index (χ0n) is 14.1. The molecule has 1 aliphatic rings. The van der Waals surface area contributed by atoms with Crippen LogP contribution in [0.15, 0.2) is 29.4 Å². The average molecular weight is 359 g/mol. The zero-order valence-corrected chi connectivity index (χ0v) is 14.9. The van der Waals surface area contributed by atoms with Gasteiger partial charge in [0.2, 0.25) is 17.0 Å². The Morgan fingerprint density at radius 2 is 1.96 bits per heavy atom. The van der Waals surface area contributed by atoms with E-state index in [1.54, 1.807) is 4.90 Å². The molecule has 0 spiro atoms. The van der Waals surface area contributed by atoms with Gasteiger partial charge in [0.15, 0.2) is 5.82 Å². The Labute approximate surface area is 150 Å². The summed E-state index contributed by atoms with van der Waals surface area (Å²) in [4.78, 5) is 29.9. The summed E-state index contributed by atoms with van der Waals surface area (Å²) in [5.74, 6) is 0.639. The van der Waals surface area contributed by atoms with Crippen LogP contribution in [-0.4, -0.2) is 57.3 Å². The lowest BCUT2D eigenvalue weighted by Crippen LogP contribution is -2.39. The van der Waals surface area contributed by atoms with Crippen molar-refractivity contribution in [2.75, 3.05) is 25.4 Å². The molecule has 0 radical (unpaired) electrons. The van der Waals surface area contributed by atoms with Gasteiger partial charge in [0, 0.05) is 18.7 Å². The first-order valence-corrected chi connectivity index (χ1v) is 9.27. The van der Waals surface area contributed by atoms with Crippen LogP contribution in [0.1, 0.15) is 18.4 Å². The second-order valence-corrected chi connectivity index (χ2v) is 6.93. The molecule has 2 heterocycles. The molecule has 0 bridgehead atoms. The van der Waals surface area contributed by atoms with Crippen LogP contribution in [-0.2, 0) is 9.59 Å². The van der Waals surface area contributed by atoms with Crippen molar-refractivity contribution in [3.05, 3.63) is 29.8 Å². The molecule has 0 atom stereocenters. The molecule has 3 rings (SSSR count). The summed E-state index contributed by atoms with van der Waals surface area (Å²) in [7, 11) is 0. The topological polar surface area (TPSA) is 91.0 Å².